The van der Waals surface area contributed by atoms with Crippen LogP contribution in [0.5, 0.6) is 5.88 Å². The number of amides is 1. The van der Waals surface area contributed by atoms with E-state index in [-0.39, 0.29) is 28.9 Å². The van der Waals surface area contributed by atoms with Gasteiger partial charge in [0.25, 0.3) is 18.2 Å². The van der Waals surface area contributed by atoms with Crippen molar-refractivity contribution >= 4 is 17.4 Å². The maximum Gasteiger partial charge on any atom is 0.280 e. The number of methoxy groups -OCH3 is 1. The molecule has 5 rings (SSSR count). The smallest absolute Gasteiger partial charge is 0.280 e. The summed E-state index contributed by atoms with van der Waals surface area (Å²) in [5, 5.41) is 2.59. The Bertz CT molecular complexity index is 1130. The van der Waals surface area contributed by atoms with Gasteiger partial charge in [-0.15, -0.1) is 0 Å². The zero-order valence-corrected chi connectivity index (χ0v) is 16.1. The Morgan fingerprint density at radius 2 is 2.17 bits per heavy atom. The monoisotopic (exact) mass is 415 g/mol. The number of aromatic nitrogens is 4. The minimum absolute atomic E-state index is 0.0694. The number of carbonyl (C=O) groups is 1. The highest BCUT2D eigenvalue weighted by Gasteiger charge is 2.54. The van der Waals surface area contributed by atoms with Crippen LogP contribution in [-0.4, -0.2) is 45.1 Å². The Morgan fingerprint density at radius 1 is 1.30 bits per heavy atom. The Balaban J connectivity index is 1.46. The van der Waals surface area contributed by atoms with Crippen LogP contribution in [0.25, 0.3) is 5.65 Å². The number of hydrogen-bond donors (Lipinski definition) is 1. The van der Waals surface area contributed by atoms with Crippen LogP contribution in [-0.2, 0) is 10.2 Å². The number of pyridine rings is 1. The summed E-state index contributed by atoms with van der Waals surface area (Å²) >= 11 is 0. The fourth-order valence-electron chi connectivity index (χ4n) is 4.23. The van der Waals surface area contributed by atoms with Crippen LogP contribution in [0.3, 0.4) is 0 Å². The molecule has 1 saturated carbocycles. The predicted molar refractivity (Wildman–Crippen MR) is 102 cm³/mol. The average molecular weight is 415 g/mol. The van der Waals surface area contributed by atoms with E-state index in [9.17, 15) is 13.6 Å². The Morgan fingerprint density at radius 3 is 2.87 bits per heavy atom. The van der Waals surface area contributed by atoms with Crippen LogP contribution in [0, 0.1) is 0 Å². The zero-order chi connectivity index (χ0) is 20.9. The second-order valence-electron chi connectivity index (χ2n) is 7.50. The van der Waals surface area contributed by atoms with Crippen molar-refractivity contribution in [3.63, 3.8) is 0 Å². The van der Waals surface area contributed by atoms with Crippen molar-refractivity contribution in [2.45, 2.75) is 37.2 Å². The van der Waals surface area contributed by atoms with Crippen LogP contribution in [0.4, 0.5) is 14.6 Å². The van der Waals surface area contributed by atoms with E-state index in [1.807, 2.05) is 6.20 Å². The molecule has 0 bridgehead atoms. The van der Waals surface area contributed by atoms with Gasteiger partial charge in [-0.05, 0) is 31.4 Å². The minimum Gasteiger partial charge on any atom is -0.478 e. The number of imidazole rings is 1. The minimum atomic E-state index is -2.76. The van der Waals surface area contributed by atoms with Crippen molar-refractivity contribution in [2.24, 2.45) is 0 Å². The Hall–Kier alpha value is -3.14. The third-order valence-electron chi connectivity index (χ3n) is 5.92. The lowest BCUT2D eigenvalue weighted by molar-refractivity contribution is 0.0118. The highest BCUT2D eigenvalue weighted by atomic mass is 19.3. The Kier molecular flexibility index (Phi) is 4.39. The molecule has 30 heavy (non-hydrogen) atoms. The average Bonchev–Trinajstić information content (AvgIpc) is 3.28. The molecule has 2 atom stereocenters. The summed E-state index contributed by atoms with van der Waals surface area (Å²) in [4.78, 5) is 25.2. The first-order valence-electron chi connectivity index (χ1n) is 9.62. The number of hydrogen-bond acceptors (Lipinski definition) is 6. The van der Waals surface area contributed by atoms with Gasteiger partial charge in [0.2, 0.25) is 5.65 Å². The summed E-state index contributed by atoms with van der Waals surface area (Å²) in [5.74, 6) is -0.198. The predicted octanol–water partition coefficient (Wildman–Crippen LogP) is 3.14. The van der Waals surface area contributed by atoms with Gasteiger partial charge in [-0.2, -0.15) is 4.98 Å². The third kappa shape index (κ3) is 2.90. The van der Waals surface area contributed by atoms with Gasteiger partial charge in [-0.25, -0.2) is 18.7 Å². The number of alkyl halides is 2. The Labute approximate surface area is 170 Å². The summed E-state index contributed by atoms with van der Waals surface area (Å²) in [6, 6.07) is 3.89. The van der Waals surface area contributed by atoms with Gasteiger partial charge in [0.05, 0.1) is 25.1 Å². The molecule has 8 nitrogen and oxygen atoms in total. The third-order valence-corrected chi connectivity index (χ3v) is 5.92. The summed E-state index contributed by atoms with van der Waals surface area (Å²) in [6.45, 7) is 0.722. The van der Waals surface area contributed by atoms with Gasteiger partial charge >= 0.3 is 0 Å². The lowest BCUT2D eigenvalue weighted by Crippen LogP contribution is -2.45. The second kappa shape index (κ2) is 6.98. The first-order valence-corrected chi connectivity index (χ1v) is 9.62. The quantitative estimate of drug-likeness (QED) is 0.689. The van der Waals surface area contributed by atoms with Gasteiger partial charge in [0, 0.05) is 18.2 Å². The lowest BCUT2D eigenvalue weighted by Gasteiger charge is -2.41. The van der Waals surface area contributed by atoms with E-state index in [4.69, 9.17) is 14.5 Å². The maximum absolute atomic E-state index is 12.9. The number of halogens is 2. The molecular weight excluding hydrogens is 396 g/mol. The van der Waals surface area contributed by atoms with Crippen molar-refractivity contribution in [2.75, 3.05) is 19.0 Å². The molecule has 1 aliphatic heterocycles. The van der Waals surface area contributed by atoms with Crippen molar-refractivity contribution in [1.82, 2.24) is 19.4 Å². The molecule has 0 spiro atoms. The molecule has 3 aromatic rings. The van der Waals surface area contributed by atoms with Crippen LogP contribution in [0.15, 0.2) is 30.6 Å². The standard InChI is InChI=1S/C20H19F2N5O3/c1-29-19-17-24-13(20-6-5-14(20)30-8-7-20)9-27(17)10-15(26-19)25-18(28)12-4-2-3-11(23-12)16(21)22/h2-4,9-10,14,16H,5-8H2,1H3,(H,25,28). The van der Waals surface area contributed by atoms with Gasteiger partial charge in [-0.1, -0.05) is 6.07 Å². The van der Waals surface area contributed by atoms with Crippen LogP contribution < -0.4 is 10.1 Å². The summed E-state index contributed by atoms with van der Waals surface area (Å²) in [6.07, 6.45) is 3.92. The van der Waals surface area contributed by atoms with Crippen molar-refractivity contribution in [3.8, 4) is 5.88 Å². The van der Waals surface area contributed by atoms with Gasteiger partial charge in [0.15, 0.2) is 5.82 Å². The van der Waals surface area contributed by atoms with E-state index in [0.29, 0.717) is 5.65 Å². The van der Waals surface area contributed by atoms with E-state index < -0.39 is 18.0 Å². The zero-order valence-electron chi connectivity index (χ0n) is 16.1. The fourth-order valence-corrected chi connectivity index (χ4v) is 4.23. The van der Waals surface area contributed by atoms with E-state index in [2.05, 4.69) is 15.3 Å². The number of anilines is 1. The van der Waals surface area contributed by atoms with Crippen molar-refractivity contribution < 1.29 is 23.0 Å². The summed E-state index contributed by atoms with van der Waals surface area (Å²) in [5.41, 5.74) is 0.803. The van der Waals surface area contributed by atoms with E-state index in [1.165, 1.54) is 25.3 Å². The molecule has 1 aliphatic carbocycles. The topological polar surface area (TPSA) is 90.6 Å². The normalized spacial score (nSPS) is 22.7. The molecule has 1 amide bonds. The van der Waals surface area contributed by atoms with Crippen LogP contribution >= 0.6 is 0 Å². The molecule has 10 heteroatoms. The first kappa shape index (κ1) is 18.9. The molecule has 3 aromatic heterocycles. The fraction of sp³-hybridized carbons (Fsp3) is 0.400. The molecule has 1 saturated heterocycles. The molecule has 2 fully saturated rings. The molecule has 2 unspecified atom stereocenters. The summed E-state index contributed by atoms with van der Waals surface area (Å²) in [7, 11) is 1.47. The summed E-state index contributed by atoms with van der Waals surface area (Å²) < 4.78 is 38.6. The largest absolute Gasteiger partial charge is 0.478 e. The number of fused-ring (bicyclic) bond motifs is 2. The van der Waals surface area contributed by atoms with Crippen LogP contribution in [0.2, 0.25) is 0 Å². The highest BCUT2D eigenvalue weighted by molar-refractivity contribution is 6.02. The molecule has 156 valence electrons. The van der Waals surface area contributed by atoms with Crippen molar-refractivity contribution in [1.29, 1.82) is 0 Å². The number of nitrogens with one attached hydrogen (secondary N) is 1. The number of nitrogens with zero attached hydrogens (tertiary/aromatic N) is 4. The molecular formula is C20H19F2N5O3. The molecule has 2 aliphatic rings. The number of carbonyl (C=O) groups excluding carboxylic acids is 1. The van der Waals surface area contributed by atoms with Gasteiger partial charge < -0.3 is 14.8 Å². The van der Waals surface area contributed by atoms with E-state index in [1.54, 1.807) is 10.6 Å². The van der Waals surface area contributed by atoms with E-state index in [0.717, 1.165) is 31.6 Å². The second-order valence-corrected chi connectivity index (χ2v) is 7.50. The molecule has 0 aromatic carbocycles. The SMILES string of the molecule is COc1nc(NC(=O)c2cccc(C(F)F)n2)cn2cc(C34CCOC3CC4)nc12. The van der Waals surface area contributed by atoms with Gasteiger partial charge in [0.1, 0.15) is 11.4 Å². The lowest BCUT2D eigenvalue weighted by atomic mass is 9.64. The van der Waals surface area contributed by atoms with E-state index >= 15 is 0 Å². The number of rotatable bonds is 5. The maximum atomic E-state index is 12.9. The molecule has 4 heterocycles. The molecule has 0 radical (unpaired) electrons. The van der Waals surface area contributed by atoms with Gasteiger partial charge in [-0.3, -0.25) is 9.20 Å². The first-order chi connectivity index (χ1) is 14.5. The molecule has 1 N–H and O–H groups in total. The highest BCUT2D eigenvalue weighted by Crippen LogP contribution is 2.51. The van der Waals surface area contributed by atoms with Crippen molar-refractivity contribution in [3.05, 3.63) is 47.7 Å². The van der Waals surface area contributed by atoms with Crippen LogP contribution in [0.1, 0.15) is 47.6 Å². The number of ether oxygens (including phenoxy) is 2.